The molecular formula is C16H13F3N2O4. The Morgan fingerprint density at radius 3 is 2.36 bits per heavy atom. The van der Waals surface area contributed by atoms with E-state index in [0.29, 0.717) is 0 Å². The molecule has 2 N–H and O–H groups in total. The molecule has 0 bridgehead atoms. The average molecular weight is 354 g/mol. The predicted molar refractivity (Wildman–Crippen MR) is 82.0 cm³/mol. The number of alkyl halides is 3. The van der Waals surface area contributed by atoms with Gasteiger partial charge in [0.05, 0.1) is 5.56 Å². The number of benzene rings is 1. The predicted octanol–water partition coefficient (Wildman–Crippen LogP) is 2.58. The molecule has 1 aromatic carbocycles. The largest absolute Gasteiger partial charge is 0.449 e. The summed E-state index contributed by atoms with van der Waals surface area (Å²) in [6, 6.07) is 6.45. The van der Waals surface area contributed by atoms with Gasteiger partial charge in [-0.05, 0) is 43.3 Å². The normalized spacial score (nSPS) is 12.3. The number of halogens is 3. The second kappa shape index (κ2) is 7.20. The van der Waals surface area contributed by atoms with Crippen molar-refractivity contribution in [3.8, 4) is 0 Å². The lowest BCUT2D eigenvalue weighted by Crippen LogP contribution is -2.31. The molecule has 0 aliphatic carbocycles. The van der Waals surface area contributed by atoms with Crippen molar-refractivity contribution < 1.29 is 27.5 Å². The summed E-state index contributed by atoms with van der Waals surface area (Å²) in [6.45, 7) is 1.27. The molecule has 9 heteroatoms. The molecule has 0 fully saturated rings. The number of aromatic amines is 1. The van der Waals surface area contributed by atoms with Gasteiger partial charge in [0, 0.05) is 11.9 Å². The smallest absolute Gasteiger partial charge is 0.416 e. The van der Waals surface area contributed by atoms with Crippen LogP contribution >= 0.6 is 0 Å². The quantitative estimate of drug-likeness (QED) is 0.826. The number of hydrogen-bond donors (Lipinski definition) is 2. The summed E-state index contributed by atoms with van der Waals surface area (Å²) < 4.78 is 42.3. The highest BCUT2D eigenvalue weighted by Gasteiger charge is 2.30. The molecule has 1 amide bonds. The summed E-state index contributed by atoms with van der Waals surface area (Å²) in [5.74, 6) is -1.74. The zero-order chi connectivity index (χ0) is 18.6. The monoisotopic (exact) mass is 354 g/mol. The topological polar surface area (TPSA) is 88.3 Å². The highest BCUT2D eigenvalue weighted by Crippen LogP contribution is 2.29. The molecule has 0 aliphatic heterocycles. The Labute approximate surface area is 139 Å². The third-order valence-electron chi connectivity index (χ3n) is 3.17. The Morgan fingerprint density at radius 2 is 1.80 bits per heavy atom. The number of pyridine rings is 1. The molecule has 132 valence electrons. The molecule has 2 aromatic rings. The van der Waals surface area contributed by atoms with Crippen LogP contribution in [0.2, 0.25) is 0 Å². The van der Waals surface area contributed by atoms with Crippen LogP contribution < -0.4 is 10.9 Å². The van der Waals surface area contributed by atoms with Gasteiger partial charge in [0.2, 0.25) is 0 Å². The van der Waals surface area contributed by atoms with Crippen molar-refractivity contribution in [3.05, 3.63) is 64.1 Å². The maximum absolute atomic E-state index is 12.5. The Hall–Kier alpha value is -3.10. The SMILES string of the molecule is C[C@@H](OC(=O)c1ccc[nH]c1=O)C(=O)Nc1ccc(C(F)(F)F)cc1. The van der Waals surface area contributed by atoms with E-state index < -0.39 is 35.3 Å². The highest BCUT2D eigenvalue weighted by molar-refractivity contribution is 5.97. The summed E-state index contributed by atoms with van der Waals surface area (Å²) in [6.07, 6.45) is -4.40. The Kier molecular flexibility index (Phi) is 5.26. The van der Waals surface area contributed by atoms with Crippen molar-refractivity contribution >= 4 is 17.6 Å². The molecular weight excluding hydrogens is 341 g/mol. The second-order valence-corrected chi connectivity index (χ2v) is 5.02. The highest BCUT2D eigenvalue weighted by atomic mass is 19.4. The zero-order valence-electron chi connectivity index (χ0n) is 12.9. The number of ether oxygens (including phenoxy) is 1. The van der Waals surface area contributed by atoms with Crippen LogP contribution in [-0.2, 0) is 15.7 Å². The van der Waals surface area contributed by atoms with Crippen molar-refractivity contribution in [2.45, 2.75) is 19.2 Å². The van der Waals surface area contributed by atoms with Crippen LogP contribution in [0, 0.1) is 0 Å². The number of carbonyl (C=O) groups excluding carboxylic acids is 2. The minimum atomic E-state index is -4.48. The van der Waals surface area contributed by atoms with E-state index >= 15 is 0 Å². The average Bonchev–Trinajstić information content (AvgIpc) is 2.54. The van der Waals surface area contributed by atoms with Gasteiger partial charge in [-0.3, -0.25) is 9.59 Å². The van der Waals surface area contributed by atoms with Gasteiger partial charge in [-0.2, -0.15) is 13.2 Å². The van der Waals surface area contributed by atoms with E-state index in [1.165, 1.54) is 25.3 Å². The summed E-state index contributed by atoms with van der Waals surface area (Å²) in [5, 5.41) is 2.32. The lowest BCUT2D eigenvalue weighted by Gasteiger charge is -2.14. The van der Waals surface area contributed by atoms with Crippen molar-refractivity contribution in [2.75, 3.05) is 5.32 Å². The molecule has 0 unspecified atom stereocenters. The van der Waals surface area contributed by atoms with Gasteiger partial charge in [-0.1, -0.05) is 0 Å². The van der Waals surface area contributed by atoms with E-state index in [9.17, 15) is 27.6 Å². The molecule has 1 heterocycles. The molecule has 0 radical (unpaired) electrons. The molecule has 1 atom stereocenters. The van der Waals surface area contributed by atoms with Gasteiger partial charge in [0.1, 0.15) is 5.56 Å². The van der Waals surface area contributed by atoms with E-state index in [0.717, 1.165) is 24.3 Å². The first-order valence-corrected chi connectivity index (χ1v) is 7.05. The van der Waals surface area contributed by atoms with Crippen molar-refractivity contribution in [2.24, 2.45) is 0 Å². The number of H-pyrrole nitrogens is 1. The van der Waals surface area contributed by atoms with Gasteiger partial charge in [-0.25, -0.2) is 4.79 Å². The molecule has 6 nitrogen and oxygen atoms in total. The van der Waals surface area contributed by atoms with E-state index in [2.05, 4.69) is 10.3 Å². The molecule has 0 spiro atoms. The number of amides is 1. The van der Waals surface area contributed by atoms with Crippen LogP contribution in [0.25, 0.3) is 0 Å². The van der Waals surface area contributed by atoms with E-state index in [-0.39, 0.29) is 11.3 Å². The molecule has 1 aromatic heterocycles. The third-order valence-corrected chi connectivity index (χ3v) is 3.17. The fourth-order valence-electron chi connectivity index (χ4n) is 1.85. The Balaban J connectivity index is 2.00. The van der Waals surface area contributed by atoms with E-state index in [1.54, 1.807) is 0 Å². The minimum Gasteiger partial charge on any atom is -0.449 e. The maximum atomic E-state index is 12.5. The number of esters is 1. The van der Waals surface area contributed by atoms with Crippen LogP contribution in [0.5, 0.6) is 0 Å². The number of rotatable bonds is 4. The third kappa shape index (κ3) is 4.69. The maximum Gasteiger partial charge on any atom is 0.416 e. The van der Waals surface area contributed by atoms with Crippen LogP contribution in [-0.4, -0.2) is 23.0 Å². The fraction of sp³-hybridized carbons (Fsp3) is 0.188. The van der Waals surface area contributed by atoms with Crippen LogP contribution in [0.1, 0.15) is 22.8 Å². The molecule has 0 saturated carbocycles. The Bertz CT molecular complexity index is 828. The first-order valence-electron chi connectivity index (χ1n) is 7.05. The Morgan fingerprint density at radius 1 is 1.16 bits per heavy atom. The standard InChI is InChI=1S/C16H13F3N2O4/c1-9(25-15(24)12-3-2-8-20-14(12)23)13(22)21-11-6-4-10(5-7-11)16(17,18)19/h2-9H,1H3,(H,20,23)(H,21,22)/t9-/m1/s1. The number of carbonyl (C=O) groups is 2. The first kappa shape index (κ1) is 18.2. The summed E-state index contributed by atoms with van der Waals surface area (Å²) in [4.78, 5) is 37.5. The fourth-order valence-corrected chi connectivity index (χ4v) is 1.85. The lowest BCUT2D eigenvalue weighted by molar-refractivity contribution is -0.137. The number of aromatic nitrogens is 1. The van der Waals surface area contributed by atoms with Gasteiger partial charge in [-0.15, -0.1) is 0 Å². The van der Waals surface area contributed by atoms with Crippen LogP contribution in [0.4, 0.5) is 18.9 Å². The van der Waals surface area contributed by atoms with E-state index in [4.69, 9.17) is 4.74 Å². The number of nitrogens with one attached hydrogen (secondary N) is 2. The van der Waals surface area contributed by atoms with Crippen molar-refractivity contribution in [3.63, 3.8) is 0 Å². The lowest BCUT2D eigenvalue weighted by atomic mass is 10.2. The molecule has 2 rings (SSSR count). The van der Waals surface area contributed by atoms with E-state index in [1.807, 2.05) is 0 Å². The van der Waals surface area contributed by atoms with Crippen molar-refractivity contribution in [1.82, 2.24) is 4.98 Å². The van der Waals surface area contributed by atoms with Crippen LogP contribution in [0.15, 0.2) is 47.4 Å². The molecule has 0 aliphatic rings. The summed E-state index contributed by atoms with van der Waals surface area (Å²) in [5.41, 5.74) is -1.67. The van der Waals surface area contributed by atoms with Gasteiger partial charge in [0.25, 0.3) is 11.5 Å². The number of anilines is 1. The first-order chi connectivity index (χ1) is 11.7. The van der Waals surface area contributed by atoms with Gasteiger partial charge < -0.3 is 15.0 Å². The number of hydrogen-bond acceptors (Lipinski definition) is 4. The second-order valence-electron chi connectivity index (χ2n) is 5.02. The molecule has 25 heavy (non-hydrogen) atoms. The summed E-state index contributed by atoms with van der Waals surface area (Å²) in [7, 11) is 0. The van der Waals surface area contributed by atoms with Gasteiger partial charge in [0.15, 0.2) is 6.10 Å². The van der Waals surface area contributed by atoms with Crippen LogP contribution in [0.3, 0.4) is 0 Å². The minimum absolute atomic E-state index is 0.110. The zero-order valence-corrected chi connectivity index (χ0v) is 12.9. The van der Waals surface area contributed by atoms with Gasteiger partial charge >= 0.3 is 12.1 Å². The summed E-state index contributed by atoms with van der Waals surface area (Å²) >= 11 is 0. The molecule has 0 saturated heterocycles. The van der Waals surface area contributed by atoms with Crippen molar-refractivity contribution in [1.29, 1.82) is 0 Å².